The first-order chi connectivity index (χ1) is 6.74. The van der Waals surface area contributed by atoms with Gasteiger partial charge in [-0.3, -0.25) is 4.79 Å². The Kier molecular flexibility index (Phi) is 3.24. The highest BCUT2D eigenvalue weighted by Crippen LogP contribution is 2.29. The predicted octanol–water partition coefficient (Wildman–Crippen LogP) is 0.773. The summed E-state index contributed by atoms with van der Waals surface area (Å²) < 4.78 is 63.3. The lowest BCUT2D eigenvalue weighted by Crippen LogP contribution is -2.24. The molecule has 1 aliphatic rings. The largest absolute Gasteiger partial charge is 0.541 e. The van der Waals surface area contributed by atoms with Gasteiger partial charge in [0.25, 0.3) is 0 Å². The van der Waals surface area contributed by atoms with Gasteiger partial charge in [0.1, 0.15) is 0 Å². The number of ether oxygens (including phenoxy) is 1. The minimum atomic E-state index is -5.49. The summed E-state index contributed by atoms with van der Waals surface area (Å²) in [4.78, 5) is 10.8. The van der Waals surface area contributed by atoms with Gasteiger partial charge in [0.05, 0.1) is 6.61 Å². The third-order valence-corrected chi connectivity index (χ3v) is 2.88. The van der Waals surface area contributed by atoms with Crippen LogP contribution in [0, 0.1) is 5.92 Å². The van der Waals surface area contributed by atoms with Crippen molar-refractivity contribution in [3.05, 3.63) is 4.72 Å². The maximum atomic E-state index is 11.8. The Bertz CT molecular complexity index is 350. The van der Waals surface area contributed by atoms with E-state index in [0.29, 0.717) is 0 Å². The second-order valence-electron chi connectivity index (χ2n) is 2.89. The number of carbonyl (C=O) groups is 1. The van der Waals surface area contributed by atoms with Crippen LogP contribution in [0.15, 0.2) is 0 Å². The Morgan fingerprint density at radius 3 is 2.47 bits per heavy atom. The molecule has 15 heavy (non-hydrogen) atoms. The molecule has 1 unspecified atom stereocenters. The van der Waals surface area contributed by atoms with Crippen molar-refractivity contribution in [1.29, 1.82) is 0 Å². The van der Waals surface area contributed by atoms with Gasteiger partial charge in [-0.05, 0) is 6.42 Å². The third-order valence-electron chi connectivity index (χ3n) is 1.80. The van der Waals surface area contributed by atoms with Gasteiger partial charge >= 0.3 is 11.5 Å². The molecule has 0 aromatic heterocycles. The van der Waals surface area contributed by atoms with Crippen LogP contribution in [-0.4, -0.2) is 33.0 Å². The van der Waals surface area contributed by atoms with Gasteiger partial charge in [-0.2, -0.15) is 13.2 Å². The zero-order valence-electron chi connectivity index (χ0n) is 7.32. The molecule has 0 spiro atoms. The average molecular weight is 246 g/mol. The number of rotatable bonds is 3. The van der Waals surface area contributed by atoms with E-state index in [4.69, 9.17) is 0 Å². The Hall–Kier alpha value is -0.830. The summed E-state index contributed by atoms with van der Waals surface area (Å²) in [6.07, 6.45) is 0.190. The molecule has 0 N–H and O–H groups in total. The molecule has 1 heterocycles. The number of alkyl halides is 3. The van der Waals surface area contributed by atoms with Crippen LogP contribution in [0.25, 0.3) is 4.72 Å². The molecular weight excluding hydrogens is 239 g/mol. The minimum Gasteiger partial charge on any atom is -0.541 e. The fourth-order valence-corrected chi connectivity index (χ4v) is 1.49. The molecule has 1 rings (SSSR count). The number of halogens is 3. The molecule has 0 aromatic rings. The van der Waals surface area contributed by atoms with E-state index in [1.807, 2.05) is 0 Å². The molecule has 0 amide bonds. The van der Waals surface area contributed by atoms with Crippen LogP contribution in [0.4, 0.5) is 13.2 Å². The van der Waals surface area contributed by atoms with Crippen molar-refractivity contribution in [3.63, 3.8) is 0 Å². The SMILES string of the molecule is O=C1OCCC1C[N-]S(=O)(=O)C(F)(F)F. The molecule has 88 valence electrons. The van der Waals surface area contributed by atoms with Crippen molar-refractivity contribution in [2.75, 3.05) is 13.2 Å². The number of sulfonamides is 1. The highest BCUT2D eigenvalue weighted by atomic mass is 32.2. The number of cyclic esters (lactones) is 1. The summed E-state index contributed by atoms with van der Waals surface area (Å²) in [6.45, 7) is -0.619. The van der Waals surface area contributed by atoms with E-state index < -0.39 is 34.0 Å². The van der Waals surface area contributed by atoms with Gasteiger partial charge < -0.3 is 9.46 Å². The molecule has 1 atom stereocenters. The molecule has 0 bridgehead atoms. The van der Waals surface area contributed by atoms with Gasteiger partial charge in [-0.1, -0.05) is 0 Å². The van der Waals surface area contributed by atoms with E-state index in [1.54, 1.807) is 0 Å². The quantitative estimate of drug-likeness (QED) is 0.689. The van der Waals surface area contributed by atoms with Crippen LogP contribution in [0.1, 0.15) is 6.42 Å². The smallest absolute Gasteiger partial charge is 0.480 e. The maximum absolute atomic E-state index is 11.8. The number of nitrogens with zero attached hydrogens (tertiary/aromatic N) is 1. The van der Waals surface area contributed by atoms with Crippen LogP contribution in [0.5, 0.6) is 0 Å². The van der Waals surface area contributed by atoms with E-state index in [1.165, 1.54) is 0 Å². The summed E-state index contributed by atoms with van der Waals surface area (Å²) in [5.74, 6) is -1.60. The van der Waals surface area contributed by atoms with Crippen molar-refractivity contribution in [1.82, 2.24) is 0 Å². The predicted molar refractivity (Wildman–Crippen MR) is 42.3 cm³/mol. The monoisotopic (exact) mass is 246 g/mol. The van der Waals surface area contributed by atoms with Gasteiger partial charge in [0.2, 0.25) is 0 Å². The summed E-state index contributed by atoms with van der Waals surface area (Å²) in [7, 11) is -5.49. The zero-order valence-corrected chi connectivity index (χ0v) is 8.14. The second-order valence-corrected chi connectivity index (χ2v) is 4.56. The molecule has 5 nitrogen and oxygen atoms in total. The van der Waals surface area contributed by atoms with E-state index in [-0.39, 0.29) is 13.0 Å². The highest BCUT2D eigenvalue weighted by molar-refractivity contribution is 7.94. The molecule has 1 aliphatic heterocycles. The van der Waals surface area contributed by atoms with Crippen LogP contribution in [-0.2, 0) is 19.6 Å². The molecule has 1 saturated heterocycles. The van der Waals surface area contributed by atoms with Crippen LogP contribution in [0.2, 0.25) is 0 Å². The van der Waals surface area contributed by atoms with Crippen LogP contribution in [0.3, 0.4) is 0 Å². The maximum Gasteiger partial charge on any atom is 0.480 e. The summed E-state index contributed by atoms with van der Waals surface area (Å²) in [5, 5.41) is 0. The number of hydrogen-bond donors (Lipinski definition) is 0. The normalized spacial score (nSPS) is 22.9. The molecular formula is C6H7F3NO4S-. The van der Waals surface area contributed by atoms with Crippen LogP contribution < -0.4 is 0 Å². The number of carbonyl (C=O) groups excluding carboxylic acids is 1. The van der Waals surface area contributed by atoms with E-state index in [2.05, 4.69) is 9.46 Å². The Morgan fingerprint density at radius 2 is 2.07 bits per heavy atom. The second kappa shape index (κ2) is 3.97. The average Bonchev–Trinajstić information content (AvgIpc) is 2.46. The van der Waals surface area contributed by atoms with Crippen molar-refractivity contribution in [2.45, 2.75) is 11.9 Å². The zero-order chi connectivity index (χ0) is 11.7. The number of esters is 1. The molecule has 9 heteroatoms. The third kappa shape index (κ3) is 2.81. The molecule has 0 aromatic carbocycles. The van der Waals surface area contributed by atoms with Crippen LogP contribution >= 0.6 is 0 Å². The van der Waals surface area contributed by atoms with E-state index >= 15 is 0 Å². The fraction of sp³-hybridized carbons (Fsp3) is 0.833. The minimum absolute atomic E-state index is 0.0884. The molecule has 0 radical (unpaired) electrons. The van der Waals surface area contributed by atoms with Crippen molar-refractivity contribution >= 4 is 16.0 Å². The lowest BCUT2D eigenvalue weighted by Gasteiger charge is -2.23. The number of hydrogen-bond acceptors (Lipinski definition) is 4. The topological polar surface area (TPSA) is 74.5 Å². The van der Waals surface area contributed by atoms with Gasteiger partial charge in [0, 0.05) is 5.92 Å². The summed E-state index contributed by atoms with van der Waals surface area (Å²) >= 11 is 0. The standard InChI is InChI=1S/C6H7F3NO4S/c7-6(8,9)15(12,13)10-3-4-1-2-14-5(4)11/h4H,1-3H2/q-1. The molecule has 0 saturated carbocycles. The summed E-state index contributed by atoms with van der Waals surface area (Å²) in [6, 6.07) is 0. The first-order valence-corrected chi connectivity index (χ1v) is 5.35. The first-order valence-electron chi connectivity index (χ1n) is 3.91. The summed E-state index contributed by atoms with van der Waals surface area (Å²) in [5.41, 5.74) is -5.41. The van der Waals surface area contributed by atoms with Crippen molar-refractivity contribution in [3.8, 4) is 0 Å². The Morgan fingerprint density at radius 1 is 1.47 bits per heavy atom. The lowest BCUT2D eigenvalue weighted by atomic mass is 10.1. The lowest BCUT2D eigenvalue weighted by molar-refractivity contribution is -0.140. The van der Waals surface area contributed by atoms with Gasteiger partial charge in [0.15, 0.2) is 10.0 Å². The van der Waals surface area contributed by atoms with Gasteiger partial charge in [-0.25, -0.2) is 8.42 Å². The van der Waals surface area contributed by atoms with E-state index in [9.17, 15) is 26.4 Å². The Balaban J connectivity index is 2.54. The van der Waals surface area contributed by atoms with Crippen molar-refractivity contribution in [2.24, 2.45) is 5.92 Å². The Labute approximate surface area is 83.6 Å². The molecule has 0 aliphatic carbocycles. The van der Waals surface area contributed by atoms with E-state index in [0.717, 1.165) is 0 Å². The fourth-order valence-electron chi connectivity index (χ4n) is 0.965. The first kappa shape index (κ1) is 12.2. The molecule has 1 fully saturated rings. The van der Waals surface area contributed by atoms with Gasteiger partial charge in [-0.15, -0.1) is 6.54 Å². The van der Waals surface area contributed by atoms with Crippen molar-refractivity contribution < 1.29 is 31.1 Å². The highest BCUT2D eigenvalue weighted by Gasteiger charge is 2.39.